The van der Waals surface area contributed by atoms with E-state index in [1.54, 1.807) is 13.0 Å². The zero-order valence-electron chi connectivity index (χ0n) is 11.8. The molecule has 20 heavy (non-hydrogen) atoms. The van der Waals surface area contributed by atoms with Gasteiger partial charge in [-0.25, -0.2) is 4.98 Å². The van der Waals surface area contributed by atoms with E-state index < -0.39 is 0 Å². The van der Waals surface area contributed by atoms with Crippen molar-refractivity contribution < 1.29 is 9.32 Å². The monoisotopic (exact) mass is 298 g/mol. The van der Waals surface area contributed by atoms with Gasteiger partial charge in [-0.1, -0.05) is 5.16 Å². The van der Waals surface area contributed by atoms with E-state index in [0.29, 0.717) is 28.9 Å². The average Bonchev–Trinajstić information content (AvgIpc) is 2.75. The molecule has 0 aliphatic heterocycles. The number of nitrogens with zero attached hydrogens (tertiary/aromatic N) is 2. The Morgan fingerprint density at radius 1 is 1.35 bits per heavy atom. The van der Waals surface area contributed by atoms with Gasteiger partial charge in [0.15, 0.2) is 0 Å². The van der Waals surface area contributed by atoms with Crippen LogP contribution in [0.2, 0.25) is 0 Å². The molecule has 7 heteroatoms. The summed E-state index contributed by atoms with van der Waals surface area (Å²) in [7, 11) is 1.89. The molecule has 0 saturated carbocycles. The van der Waals surface area contributed by atoms with Gasteiger partial charge in [-0.15, -0.1) is 12.4 Å². The largest absolute Gasteiger partial charge is 0.352 e. The lowest BCUT2D eigenvalue weighted by atomic mass is 10.1. The molecule has 0 fully saturated rings. The van der Waals surface area contributed by atoms with Crippen LogP contribution in [-0.4, -0.2) is 36.2 Å². The third-order valence-electron chi connectivity index (χ3n) is 2.88. The van der Waals surface area contributed by atoms with Crippen LogP contribution in [0.4, 0.5) is 0 Å². The van der Waals surface area contributed by atoms with Crippen LogP contribution < -0.4 is 10.6 Å². The fourth-order valence-corrected chi connectivity index (χ4v) is 1.96. The predicted molar refractivity (Wildman–Crippen MR) is 79.4 cm³/mol. The molecule has 0 aromatic carbocycles. The summed E-state index contributed by atoms with van der Waals surface area (Å²) in [5.74, 6) is -0.113. The molecule has 0 aliphatic carbocycles. The Hall–Kier alpha value is -1.66. The lowest BCUT2D eigenvalue weighted by Gasteiger charge is -2.06. The van der Waals surface area contributed by atoms with E-state index in [1.807, 2.05) is 14.0 Å². The van der Waals surface area contributed by atoms with Crippen molar-refractivity contribution in [3.05, 3.63) is 23.0 Å². The molecule has 0 unspecified atom stereocenters. The Kier molecular flexibility index (Phi) is 5.91. The van der Waals surface area contributed by atoms with Gasteiger partial charge in [-0.05, 0) is 39.9 Å². The Labute approximate surface area is 123 Å². The molecule has 0 bridgehead atoms. The highest BCUT2D eigenvalue weighted by atomic mass is 35.5. The summed E-state index contributed by atoms with van der Waals surface area (Å²) in [6, 6.07) is 1.76. The van der Waals surface area contributed by atoms with Crippen molar-refractivity contribution in [1.29, 1.82) is 0 Å². The van der Waals surface area contributed by atoms with Crippen LogP contribution in [0.3, 0.4) is 0 Å². The number of aromatic nitrogens is 2. The number of amides is 1. The van der Waals surface area contributed by atoms with Crippen LogP contribution in [0.1, 0.15) is 28.2 Å². The number of rotatable bonds is 5. The maximum absolute atomic E-state index is 12.2. The normalized spacial score (nSPS) is 10.3. The first-order valence-electron chi connectivity index (χ1n) is 6.30. The molecule has 2 aromatic rings. The van der Waals surface area contributed by atoms with E-state index in [1.165, 1.54) is 0 Å². The first-order chi connectivity index (χ1) is 9.13. The summed E-state index contributed by atoms with van der Waals surface area (Å²) < 4.78 is 5.11. The highest BCUT2D eigenvalue weighted by Crippen LogP contribution is 2.21. The molecule has 110 valence electrons. The minimum atomic E-state index is -0.113. The van der Waals surface area contributed by atoms with E-state index in [0.717, 1.165) is 18.7 Å². The number of carbonyl (C=O) groups is 1. The molecule has 2 rings (SSSR count). The average molecular weight is 299 g/mol. The number of carbonyl (C=O) groups excluding carboxylic acids is 1. The van der Waals surface area contributed by atoms with E-state index in [-0.39, 0.29) is 18.3 Å². The maximum Gasteiger partial charge on any atom is 0.258 e. The zero-order chi connectivity index (χ0) is 13.8. The fraction of sp³-hybridized carbons (Fsp3) is 0.462. The second kappa shape index (κ2) is 7.21. The Bertz CT molecular complexity index is 597. The van der Waals surface area contributed by atoms with Crippen LogP contribution in [0.25, 0.3) is 11.1 Å². The van der Waals surface area contributed by atoms with Gasteiger partial charge in [0.2, 0.25) is 0 Å². The maximum atomic E-state index is 12.2. The van der Waals surface area contributed by atoms with Gasteiger partial charge in [0.05, 0.1) is 16.6 Å². The van der Waals surface area contributed by atoms with E-state index in [4.69, 9.17) is 4.52 Å². The number of fused-ring (bicyclic) bond motifs is 1. The Morgan fingerprint density at radius 2 is 2.10 bits per heavy atom. The van der Waals surface area contributed by atoms with Crippen LogP contribution in [-0.2, 0) is 0 Å². The summed E-state index contributed by atoms with van der Waals surface area (Å²) in [5.41, 5.74) is 2.41. The topological polar surface area (TPSA) is 80.0 Å². The molecule has 0 aliphatic rings. The summed E-state index contributed by atoms with van der Waals surface area (Å²) in [6.45, 7) is 5.14. The van der Waals surface area contributed by atoms with Crippen molar-refractivity contribution in [3.63, 3.8) is 0 Å². The first-order valence-corrected chi connectivity index (χ1v) is 6.30. The molecule has 6 nitrogen and oxygen atoms in total. The number of nitrogens with one attached hydrogen (secondary N) is 2. The molecule has 0 radical (unpaired) electrons. The van der Waals surface area contributed by atoms with E-state index >= 15 is 0 Å². The molecule has 1 amide bonds. The van der Waals surface area contributed by atoms with Gasteiger partial charge in [0.25, 0.3) is 11.6 Å². The minimum Gasteiger partial charge on any atom is -0.352 e. The molecule has 0 spiro atoms. The standard InChI is InChI=1S/C13H18N4O2.ClH/c1-8-7-10(12(18)15-6-4-5-14-3)11-9(2)17-19-13(11)16-8;/h7,14H,4-6H2,1-3H3,(H,15,18);1H. The number of hydrogen-bond donors (Lipinski definition) is 2. The van der Waals surface area contributed by atoms with Crippen LogP contribution in [0, 0.1) is 13.8 Å². The second-order valence-electron chi connectivity index (χ2n) is 4.47. The summed E-state index contributed by atoms with van der Waals surface area (Å²) >= 11 is 0. The fourth-order valence-electron chi connectivity index (χ4n) is 1.96. The third-order valence-corrected chi connectivity index (χ3v) is 2.88. The minimum absolute atomic E-state index is 0. The number of pyridine rings is 1. The quantitative estimate of drug-likeness (QED) is 0.820. The SMILES string of the molecule is CNCCCNC(=O)c1cc(C)nc2onc(C)c12.Cl. The number of halogens is 1. The lowest BCUT2D eigenvalue weighted by molar-refractivity contribution is 0.0954. The van der Waals surface area contributed by atoms with Gasteiger partial charge in [-0.2, -0.15) is 0 Å². The zero-order valence-corrected chi connectivity index (χ0v) is 12.6. The van der Waals surface area contributed by atoms with Crippen molar-refractivity contribution in [3.8, 4) is 0 Å². The van der Waals surface area contributed by atoms with E-state index in [9.17, 15) is 4.79 Å². The second-order valence-corrected chi connectivity index (χ2v) is 4.47. The molecular weight excluding hydrogens is 280 g/mol. The van der Waals surface area contributed by atoms with Gasteiger partial charge in [-0.3, -0.25) is 4.79 Å². The van der Waals surface area contributed by atoms with Crippen LogP contribution in [0.15, 0.2) is 10.6 Å². The molecular formula is C13H19ClN4O2. The van der Waals surface area contributed by atoms with Gasteiger partial charge in [0.1, 0.15) is 0 Å². The van der Waals surface area contributed by atoms with E-state index in [2.05, 4.69) is 20.8 Å². The lowest BCUT2D eigenvalue weighted by Crippen LogP contribution is -2.27. The van der Waals surface area contributed by atoms with Crippen LogP contribution >= 0.6 is 12.4 Å². The van der Waals surface area contributed by atoms with Gasteiger partial charge >= 0.3 is 0 Å². The molecule has 2 N–H and O–H groups in total. The summed E-state index contributed by atoms with van der Waals surface area (Å²) in [5, 5.41) is 10.5. The number of hydrogen-bond acceptors (Lipinski definition) is 5. The molecule has 0 saturated heterocycles. The van der Waals surface area contributed by atoms with Gasteiger partial charge < -0.3 is 15.2 Å². The Morgan fingerprint density at radius 3 is 2.80 bits per heavy atom. The van der Waals surface area contributed by atoms with Crippen molar-refractivity contribution in [2.75, 3.05) is 20.1 Å². The van der Waals surface area contributed by atoms with Crippen molar-refractivity contribution in [1.82, 2.24) is 20.8 Å². The summed E-state index contributed by atoms with van der Waals surface area (Å²) in [6.07, 6.45) is 0.887. The molecule has 0 atom stereocenters. The summed E-state index contributed by atoms with van der Waals surface area (Å²) in [4.78, 5) is 16.4. The van der Waals surface area contributed by atoms with Gasteiger partial charge in [0, 0.05) is 12.2 Å². The predicted octanol–water partition coefficient (Wildman–Crippen LogP) is 1.60. The highest BCUT2D eigenvalue weighted by molar-refractivity contribution is 6.05. The highest BCUT2D eigenvalue weighted by Gasteiger charge is 2.17. The first kappa shape index (κ1) is 16.4. The Balaban J connectivity index is 0.00000200. The van der Waals surface area contributed by atoms with Crippen molar-refractivity contribution in [2.24, 2.45) is 0 Å². The van der Waals surface area contributed by atoms with Crippen LogP contribution in [0.5, 0.6) is 0 Å². The third kappa shape index (κ3) is 3.46. The smallest absolute Gasteiger partial charge is 0.258 e. The molecule has 2 heterocycles. The number of aryl methyl sites for hydroxylation is 2. The van der Waals surface area contributed by atoms with Crippen molar-refractivity contribution in [2.45, 2.75) is 20.3 Å². The van der Waals surface area contributed by atoms with Crippen molar-refractivity contribution >= 4 is 29.4 Å². The molecule has 2 aromatic heterocycles.